The third-order valence-electron chi connectivity index (χ3n) is 8.86. The molecular formula is C23H34O. The number of allylic oxidation sites excluding steroid dienone is 4. The molecule has 4 rings (SSSR count). The van der Waals surface area contributed by atoms with Gasteiger partial charge in [0.05, 0.1) is 6.10 Å². The molecule has 0 heterocycles. The SMILES string of the molecule is C/C=C/[C@@]1(C)CC[C@H]2C3CCC4=CC(O)C=C[C@]4(C)[C@H]3CC[C@@]21C. The molecule has 7 atom stereocenters. The maximum absolute atomic E-state index is 10.0. The van der Waals surface area contributed by atoms with Crippen molar-refractivity contribution < 1.29 is 5.11 Å². The first-order valence-corrected chi connectivity index (χ1v) is 10.1. The van der Waals surface area contributed by atoms with Gasteiger partial charge in [-0.3, -0.25) is 0 Å². The van der Waals surface area contributed by atoms with Gasteiger partial charge in [-0.05, 0) is 74.0 Å². The van der Waals surface area contributed by atoms with Crippen molar-refractivity contribution in [2.24, 2.45) is 34.0 Å². The Kier molecular flexibility index (Phi) is 3.70. The van der Waals surface area contributed by atoms with Crippen LogP contribution < -0.4 is 0 Å². The third-order valence-corrected chi connectivity index (χ3v) is 8.86. The van der Waals surface area contributed by atoms with E-state index in [0.717, 1.165) is 17.8 Å². The molecule has 1 N–H and O–H groups in total. The van der Waals surface area contributed by atoms with Crippen LogP contribution in [0.3, 0.4) is 0 Å². The van der Waals surface area contributed by atoms with Crippen molar-refractivity contribution in [1.82, 2.24) is 0 Å². The van der Waals surface area contributed by atoms with Crippen LogP contribution in [0.25, 0.3) is 0 Å². The zero-order chi connectivity index (χ0) is 17.2. The molecule has 0 saturated heterocycles. The lowest BCUT2D eigenvalue weighted by molar-refractivity contribution is -0.0488. The second-order valence-corrected chi connectivity index (χ2v) is 9.65. The van der Waals surface area contributed by atoms with Crippen molar-refractivity contribution in [2.75, 3.05) is 0 Å². The van der Waals surface area contributed by atoms with Gasteiger partial charge in [0.1, 0.15) is 0 Å². The second kappa shape index (κ2) is 5.34. The molecule has 0 spiro atoms. The van der Waals surface area contributed by atoms with E-state index in [2.05, 4.69) is 52.0 Å². The van der Waals surface area contributed by atoms with Crippen LogP contribution in [0.15, 0.2) is 36.0 Å². The number of hydrogen-bond acceptors (Lipinski definition) is 1. The van der Waals surface area contributed by atoms with Crippen molar-refractivity contribution in [3.8, 4) is 0 Å². The molecule has 0 aliphatic heterocycles. The quantitative estimate of drug-likeness (QED) is 0.616. The van der Waals surface area contributed by atoms with Gasteiger partial charge in [0.2, 0.25) is 0 Å². The summed E-state index contributed by atoms with van der Waals surface area (Å²) in [6.45, 7) is 9.74. The Morgan fingerprint density at radius 2 is 1.83 bits per heavy atom. The summed E-state index contributed by atoms with van der Waals surface area (Å²) >= 11 is 0. The van der Waals surface area contributed by atoms with Gasteiger partial charge in [-0.25, -0.2) is 0 Å². The zero-order valence-electron chi connectivity index (χ0n) is 15.9. The Morgan fingerprint density at radius 3 is 2.58 bits per heavy atom. The summed E-state index contributed by atoms with van der Waals surface area (Å²) in [5.41, 5.74) is 2.56. The lowest BCUT2D eigenvalue weighted by Crippen LogP contribution is -2.51. The lowest BCUT2D eigenvalue weighted by Gasteiger charge is -2.58. The van der Waals surface area contributed by atoms with Gasteiger partial charge < -0.3 is 5.11 Å². The molecule has 132 valence electrons. The molecule has 24 heavy (non-hydrogen) atoms. The number of aliphatic hydroxyl groups is 1. The van der Waals surface area contributed by atoms with Crippen LogP contribution in [0.2, 0.25) is 0 Å². The van der Waals surface area contributed by atoms with Crippen LogP contribution in [0.1, 0.15) is 66.2 Å². The predicted molar refractivity (Wildman–Crippen MR) is 101 cm³/mol. The Morgan fingerprint density at radius 1 is 1.08 bits per heavy atom. The second-order valence-electron chi connectivity index (χ2n) is 9.65. The minimum Gasteiger partial charge on any atom is -0.385 e. The summed E-state index contributed by atoms with van der Waals surface area (Å²) in [5.74, 6) is 2.50. The minimum atomic E-state index is -0.358. The molecule has 0 aromatic carbocycles. The molecule has 1 nitrogen and oxygen atoms in total. The maximum Gasteiger partial charge on any atom is 0.0905 e. The van der Waals surface area contributed by atoms with E-state index in [9.17, 15) is 5.11 Å². The first-order chi connectivity index (χ1) is 11.3. The molecule has 3 saturated carbocycles. The predicted octanol–water partition coefficient (Wildman–Crippen LogP) is 5.67. The minimum absolute atomic E-state index is 0.197. The Labute approximate surface area is 147 Å². The van der Waals surface area contributed by atoms with Gasteiger partial charge in [-0.1, -0.05) is 56.7 Å². The smallest absolute Gasteiger partial charge is 0.0905 e. The van der Waals surface area contributed by atoms with E-state index in [1.165, 1.54) is 44.1 Å². The summed E-state index contributed by atoms with van der Waals surface area (Å²) in [6, 6.07) is 0. The third kappa shape index (κ3) is 2.03. The Hall–Kier alpha value is -0.820. The van der Waals surface area contributed by atoms with Crippen molar-refractivity contribution in [1.29, 1.82) is 0 Å². The van der Waals surface area contributed by atoms with Crippen molar-refractivity contribution in [3.63, 3.8) is 0 Å². The molecule has 0 radical (unpaired) electrons. The Bertz CT molecular complexity index is 614. The van der Waals surface area contributed by atoms with Crippen LogP contribution in [0.4, 0.5) is 0 Å². The van der Waals surface area contributed by atoms with Crippen LogP contribution in [-0.4, -0.2) is 11.2 Å². The van der Waals surface area contributed by atoms with E-state index < -0.39 is 0 Å². The van der Waals surface area contributed by atoms with Gasteiger partial charge in [-0.15, -0.1) is 0 Å². The molecule has 4 aliphatic rings. The highest BCUT2D eigenvalue weighted by Gasteiger charge is 2.61. The normalized spacial score (nSPS) is 53.5. The van der Waals surface area contributed by atoms with E-state index in [0.29, 0.717) is 10.8 Å². The summed E-state index contributed by atoms with van der Waals surface area (Å²) in [5, 5.41) is 10.0. The van der Waals surface area contributed by atoms with Gasteiger partial charge >= 0.3 is 0 Å². The monoisotopic (exact) mass is 326 g/mol. The van der Waals surface area contributed by atoms with Crippen LogP contribution in [0, 0.1) is 34.0 Å². The molecule has 0 aromatic rings. The van der Waals surface area contributed by atoms with Crippen molar-refractivity contribution >= 4 is 0 Å². The molecule has 1 heteroatoms. The Balaban J connectivity index is 1.69. The molecular weight excluding hydrogens is 292 g/mol. The largest absolute Gasteiger partial charge is 0.385 e. The zero-order valence-corrected chi connectivity index (χ0v) is 15.9. The molecule has 0 amide bonds. The number of fused-ring (bicyclic) bond motifs is 5. The fourth-order valence-electron chi connectivity index (χ4n) is 7.26. The highest BCUT2D eigenvalue weighted by Crippen LogP contribution is 2.69. The topological polar surface area (TPSA) is 20.2 Å². The van der Waals surface area contributed by atoms with Crippen molar-refractivity contribution in [3.05, 3.63) is 36.0 Å². The van der Waals surface area contributed by atoms with Crippen LogP contribution >= 0.6 is 0 Å². The van der Waals surface area contributed by atoms with E-state index in [1.807, 2.05) is 6.08 Å². The number of hydrogen-bond donors (Lipinski definition) is 1. The van der Waals surface area contributed by atoms with E-state index in [4.69, 9.17) is 0 Å². The van der Waals surface area contributed by atoms with Crippen LogP contribution in [-0.2, 0) is 0 Å². The molecule has 0 aromatic heterocycles. The van der Waals surface area contributed by atoms with Gasteiger partial charge in [0.15, 0.2) is 0 Å². The standard InChI is InChI=1S/C23H34O/c1-5-11-21(2)12-9-20-18-7-6-16-15-17(24)8-13-22(16,3)19(18)10-14-23(20,21)4/h5,8,11,13,15,17-20,24H,6-7,9-10,12,14H2,1-4H3/b11-5+/t17?,18?,19-,20-,21-,22-,23-/m0/s1. The molecule has 4 aliphatic carbocycles. The molecule has 2 unspecified atom stereocenters. The summed E-state index contributed by atoms with van der Waals surface area (Å²) in [4.78, 5) is 0. The summed E-state index contributed by atoms with van der Waals surface area (Å²) in [6.07, 6.45) is 18.9. The summed E-state index contributed by atoms with van der Waals surface area (Å²) < 4.78 is 0. The average Bonchev–Trinajstić information content (AvgIpc) is 2.80. The summed E-state index contributed by atoms with van der Waals surface area (Å²) in [7, 11) is 0. The highest BCUT2D eigenvalue weighted by atomic mass is 16.3. The first-order valence-electron chi connectivity index (χ1n) is 10.1. The van der Waals surface area contributed by atoms with Gasteiger partial charge in [0.25, 0.3) is 0 Å². The van der Waals surface area contributed by atoms with Crippen molar-refractivity contribution in [2.45, 2.75) is 72.3 Å². The highest BCUT2D eigenvalue weighted by molar-refractivity contribution is 5.34. The average molecular weight is 327 g/mol. The number of aliphatic hydroxyl groups excluding tert-OH is 1. The molecule has 0 bridgehead atoms. The number of rotatable bonds is 1. The van der Waals surface area contributed by atoms with E-state index in [1.54, 1.807) is 0 Å². The lowest BCUT2D eigenvalue weighted by atomic mass is 9.46. The van der Waals surface area contributed by atoms with Crippen LogP contribution in [0.5, 0.6) is 0 Å². The van der Waals surface area contributed by atoms with E-state index >= 15 is 0 Å². The van der Waals surface area contributed by atoms with Gasteiger partial charge in [0, 0.05) is 5.41 Å². The van der Waals surface area contributed by atoms with Gasteiger partial charge in [-0.2, -0.15) is 0 Å². The van der Waals surface area contributed by atoms with E-state index in [-0.39, 0.29) is 11.5 Å². The maximum atomic E-state index is 10.0. The fraction of sp³-hybridized carbons (Fsp3) is 0.739. The molecule has 3 fully saturated rings. The fourth-order valence-corrected chi connectivity index (χ4v) is 7.26. The first kappa shape index (κ1) is 16.6.